The van der Waals surface area contributed by atoms with Gasteiger partial charge in [0.15, 0.2) is 0 Å². The summed E-state index contributed by atoms with van der Waals surface area (Å²) in [6.45, 7) is 0.333. The lowest BCUT2D eigenvalue weighted by molar-refractivity contribution is 0.102. The van der Waals surface area contributed by atoms with Crippen molar-refractivity contribution in [3.05, 3.63) is 94.9 Å². The first-order valence-electron chi connectivity index (χ1n) is 8.40. The third kappa shape index (κ3) is 4.17. The summed E-state index contributed by atoms with van der Waals surface area (Å²) in [4.78, 5) is 17.0. The van der Waals surface area contributed by atoms with Crippen LogP contribution in [0.5, 0.6) is 5.75 Å². The average Bonchev–Trinajstić information content (AvgIpc) is 3.11. The molecular formula is C21H16BrN3O2. The number of fused-ring (bicyclic) bond motifs is 1. The van der Waals surface area contributed by atoms with Crippen LogP contribution in [-0.2, 0) is 6.61 Å². The molecule has 0 fully saturated rings. The lowest BCUT2D eigenvalue weighted by Crippen LogP contribution is -2.11. The van der Waals surface area contributed by atoms with E-state index in [0.717, 1.165) is 21.5 Å². The van der Waals surface area contributed by atoms with Gasteiger partial charge >= 0.3 is 0 Å². The molecule has 0 saturated carbocycles. The summed E-state index contributed by atoms with van der Waals surface area (Å²) >= 11 is 3.38. The highest BCUT2D eigenvalue weighted by Crippen LogP contribution is 2.18. The summed E-state index contributed by atoms with van der Waals surface area (Å²) in [5.41, 5.74) is 2.97. The number of hydrogen-bond acceptors (Lipinski definition) is 3. The molecule has 6 heteroatoms. The number of anilines is 1. The van der Waals surface area contributed by atoms with Crippen molar-refractivity contribution in [1.82, 2.24) is 9.38 Å². The second kappa shape index (κ2) is 7.63. The molecule has 1 amide bonds. The number of nitrogens with zero attached hydrogens (tertiary/aromatic N) is 2. The van der Waals surface area contributed by atoms with Crippen molar-refractivity contribution in [3.63, 3.8) is 0 Å². The third-order valence-corrected chi connectivity index (χ3v) is 4.53. The van der Waals surface area contributed by atoms with Crippen LogP contribution >= 0.6 is 15.9 Å². The van der Waals surface area contributed by atoms with Gasteiger partial charge in [0.05, 0.1) is 5.69 Å². The smallest absolute Gasteiger partial charge is 0.255 e. The van der Waals surface area contributed by atoms with Crippen molar-refractivity contribution < 1.29 is 9.53 Å². The number of halogens is 1. The minimum Gasteiger partial charge on any atom is -0.487 e. The number of ether oxygens (including phenoxy) is 1. The molecule has 134 valence electrons. The van der Waals surface area contributed by atoms with Crippen LogP contribution in [0.4, 0.5) is 5.69 Å². The minimum atomic E-state index is -0.185. The van der Waals surface area contributed by atoms with Gasteiger partial charge in [-0.05, 0) is 54.6 Å². The Kier molecular flexibility index (Phi) is 4.89. The molecule has 2 aromatic heterocycles. The van der Waals surface area contributed by atoms with E-state index in [0.29, 0.717) is 17.9 Å². The van der Waals surface area contributed by atoms with Crippen molar-refractivity contribution in [2.75, 3.05) is 5.32 Å². The standard InChI is InChI=1S/C21H16BrN3O2/c22-16-7-9-17(10-8-16)24-21(26)15-4-3-5-19(12-15)27-14-18-13-25-11-2-1-6-20(25)23-18/h1-13H,14H2,(H,24,26). The van der Waals surface area contributed by atoms with Gasteiger partial charge < -0.3 is 14.5 Å². The molecular weight excluding hydrogens is 406 g/mol. The maximum atomic E-state index is 12.4. The fourth-order valence-electron chi connectivity index (χ4n) is 2.68. The molecule has 2 heterocycles. The van der Waals surface area contributed by atoms with E-state index in [1.165, 1.54) is 0 Å². The normalized spacial score (nSPS) is 10.7. The predicted molar refractivity (Wildman–Crippen MR) is 108 cm³/mol. The maximum absolute atomic E-state index is 12.4. The summed E-state index contributed by atoms with van der Waals surface area (Å²) in [5.74, 6) is 0.436. The van der Waals surface area contributed by atoms with Crippen LogP contribution < -0.4 is 10.1 Å². The summed E-state index contributed by atoms with van der Waals surface area (Å²) < 4.78 is 8.72. The van der Waals surface area contributed by atoms with Gasteiger partial charge in [-0.25, -0.2) is 4.98 Å². The summed E-state index contributed by atoms with van der Waals surface area (Å²) in [6, 6.07) is 20.4. The van der Waals surface area contributed by atoms with Gasteiger partial charge in [0.25, 0.3) is 5.91 Å². The monoisotopic (exact) mass is 421 g/mol. The highest BCUT2D eigenvalue weighted by Gasteiger charge is 2.08. The van der Waals surface area contributed by atoms with E-state index in [4.69, 9.17) is 4.74 Å². The Labute approximate surface area is 164 Å². The summed E-state index contributed by atoms with van der Waals surface area (Å²) in [6.07, 6.45) is 3.87. The molecule has 4 aromatic rings. The van der Waals surface area contributed by atoms with Crippen molar-refractivity contribution >= 4 is 33.2 Å². The molecule has 0 aliphatic heterocycles. The number of aromatic nitrogens is 2. The number of imidazole rings is 1. The Bertz CT molecular complexity index is 1060. The van der Waals surface area contributed by atoms with Crippen molar-refractivity contribution in [3.8, 4) is 5.75 Å². The molecule has 0 unspecified atom stereocenters. The zero-order valence-corrected chi connectivity index (χ0v) is 15.9. The van der Waals surface area contributed by atoms with Gasteiger partial charge in [-0.2, -0.15) is 0 Å². The van der Waals surface area contributed by atoms with Crippen molar-refractivity contribution in [2.24, 2.45) is 0 Å². The SMILES string of the molecule is O=C(Nc1ccc(Br)cc1)c1cccc(OCc2cn3ccccc3n2)c1. The number of rotatable bonds is 5. The second-order valence-corrected chi connectivity index (χ2v) is 6.89. The minimum absolute atomic E-state index is 0.185. The molecule has 4 rings (SSSR count). The fraction of sp³-hybridized carbons (Fsp3) is 0.0476. The molecule has 0 saturated heterocycles. The van der Waals surface area contributed by atoms with E-state index in [-0.39, 0.29) is 5.91 Å². The third-order valence-electron chi connectivity index (χ3n) is 4.00. The summed E-state index contributed by atoms with van der Waals surface area (Å²) in [5, 5.41) is 2.87. The van der Waals surface area contributed by atoms with Crippen LogP contribution in [0, 0.1) is 0 Å². The Balaban J connectivity index is 1.43. The Morgan fingerprint density at radius 1 is 1.07 bits per heavy atom. The lowest BCUT2D eigenvalue weighted by Gasteiger charge is -2.08. The quantitative estimate of drug-likeness (QED) is 0.496. The highest BCUT2D eigenvalue weighted by molar-refractivity contribution is 9.10. The molecule has 0 aliphatic carbocycles. The van der Waals surface area contributed by atoms with Crippen LogP contribution in [-0.4, -0.2) is 15.3 Å². The van der Waals surface area contributed by atoms with Gasteiger partial charge in [-0.1, -0.05) is 28.1 Å². The van der Waals surface area contributed by atoms with Crippen LogP contribution in [0.3, 0.4) is 0 Å². The van der Waals surface area contributed by atoms with Crippen molar-refractivity contribution in [1.29, 1.82) is 0 Å². The number of hydrogen-bond donors (Lipinski definition) is 1. The van der Waals surface area contributed by atoms with E-state index < -0.39 is 0 Å². The Morgan fingerprint density at radius 3 is 2.74 bits per heavy atom. The van der Waals surface area contributed by atoms with Crippen molar-refractivity contribution in [2.45, 2.75) is 6.61 Å². The Hall–Kier alpha value is -3.12. The maximum Gasteiger partial charge on any atom is 0.255 e. The number of amides is 1. The van der Waals surface area contributed by atoms with Crippen LogP contribution in [0.2, 0.25) is 0 Å². The number of pyridine rings is 1. The molecule has 0 atom stereocenters. The largest absolute Gasteiger partial charge is 0.487 e. The van der Waals surface area contributed by atoms with Crippen LogP contribution in [0.1, 0.15) is 16.1 Å². The molecule has 0 radical (unpaired) electrons. The zero-order chi connectivity index (χ0) is 18.6. The topological polar surface area (TPSA) is 55.6 Å². The van der Waals surface area contributed by atoms with Crippen LogP contribution in [0.15, 0.2) is 83.6 Å². The van der Waals surface area contributed by atoms with E-state index in [9.17, 15) is 4.79 Å². The molecule has 0 aliphatic rings. The van der Waals surface area contributed by atoms with Gasteiger partial charge in [-0.15, -0.1) is 0 Å². The average molecular weight is 422 g/mol. The molecule has 1 N–H and O–H groups in total. The van der Waals surface area contributed by atoms with Gasteiger partial charge in [0.1, 0.15) is 18.0 Å². The first kappa shape index (κ1) is 17.3. The zero-order valence-electron chi connectivity index (χ0n) is 14.3. The van der Waals surface area contributed by atoms with E-state index >= 15 is 0 Å². The lowest BCUT2D eigenvalue weighted by atomic mass is 10.2. The first-order valence-corrected chi connectivity index (χ1v) is 9.19. The highest BCUT2D eigenvalue weighted by atomic mass is 79.9. The summed E-state index contributed by atoms with van der Waals surface area (Å²) in [7, 11) is 0. The van der Waals surface area contributed by atoms with E-state index in [1.807, 2.05) is 65.3 Å². The molecule has 0 spiro atoms. The molecule has 0 bridgehead atoms. The molecule has 2 aromatic carbocycles. The van der Waals surface area contributed by atoms with E-state index in [2.05, 4.69) is 26.2 Å². The number of benzene rings is 2. The van der Waals surface area contributed by atoms with Crippen LogP contribution in [0.25, 0.3) is 5.65 Å². The van der Waals surface area contributed by atoms with E-state index in [1.54, 1.807) is 18.2 Å². The fourth-order valence-corrected chi connectivity index (χ4v) is 2.94. The number of carbonyl (C=O) groups excluding carboxylic acids is 1. The van der Waals surface area contributed by atoms with Gasteiger partial charge in [0, 0.05) is 28.1 Å². The first-order chi connectivity index (χ1) is 13.2. The second-order valence-electron chi connectivity index (χ2n) is 5.98. The van der Waals surface area contributed by atoms with Gasteiger partial charge in [-0.3, -0.25) is 4.79 Å². The Morgan fingerprint density at radius 2 is 1.93 bits per heavy atom. The number of nitrogens with one attached hydrogen (secondary N) is 1. The predicted octanol–water partition coefficient (Wildman–Crippen LogP) is 4.93. The number of carbonyl (C=O) groups is 1. The molecule has 27 heavy (non-hydrogen) atoms. The van der Waals surface area contributed by atoms with Gasteiger partial charge in [0.2, 0.25) is 0 Å². The molecule has 5 nitrogen and oxygen atoms in total.